The molecular formula is C40H50ClN5O8S. The summed E-state index contributed by atoms with van der Waals surface area (Å²) < 4.78 is 40.3. The van der Waals surface area contributed by atoms with Gasteiger partial charge in [-0.15, -0.1) is 0 Å². The summed E-state index contributed by atoms with van der Waals surface area (Å²) in [6, 6.07) is 3.53. The van der Waals surface area contributed by atoms with Gasteiger partial charge in [-0.1, -0.05) is 42.7 Å². The van der Waals surface area contributed by atoms with Crippen molar-refractivity contribution < 1.29 is 37.1 Å². The molecule has 0 bridgehead atoms. The van der Waals surface area contributed by atoms with E-state index in [0.29, 0.717) is 61.4 Å². The Balaban J connectivity index is 1.12. The number of hydrogen-bond acceptors (Lipinski definition) is 9. The van der Waals surface area contributed by atoms with Gasteiger partial charge < -0.3 is 25.0 Å². The van der Waals surface area contributed by atoms with Crippen LogP contribution in [0, 0.1) is 12.8 Å². The Hall–Kier alpha value is -3.91. The maximum atomic E-state index is 14.8. The largest absolute Gasteiger partial charge is 0.483 e. The van der Waals surface area contributed by atoms with E-state index in [0.717, 1.165) is 55.0 Å². The first kappa shape index (κ1) is 38.0. The normalized spacial score (nSPS) is 31.2. The summed E-state index contributed by atoms with van der Waals surface area (Å²) in [5, 5.41) is 7.30. The maximum absolute atomic E-state index is 14.8. The SMILES string of the molecule is Cc1nc2cc(Cl)ccc2c2c1O[C@]1(CC2)C[C@H]2C(=O)N[C@]3(C(=O)NS(=O)(=O)C4(C)CC4)C[C@H]3/C=C\CCCCC[C@H](NC(=O)OC3CCCC3)C(=O)N2C1. The van der Waals surface area contributed by atoms with E-state index < -0.39 is 67.7 Å². The van der Waals surface area contributed by atoms with Crippen molar-refractivity contribution in [1.29, 1.82) is 0 Å². The van der Waals surface area contributed by atoms with Crippen molar-refractivity contribution in [3.63, 3.8) is 0 Å². The van der Waals surface area contributed by atoms with E-state index in [1.54, 1.807) is 6.92 Å². The molecule has 8 rings (SSSR count). The molecule has 296 valence electrons. The Kier molecular flexibility index (Phi) is 9.83. The molecule has 3 aliphatic carbocycles. The molecule has 1 saturated heterocycles. The minimum absolute atomic E-state index is 0.0621. The molecular weight excluding hydrogens is 746 g/mol. The molecule has 6 aliphatic rings. The molecule has 4 amide bonds. The zero-order valence-electron chi connectivity index (χ0n) is 31.5. The lowest BCUT2D eigenvalue weighted by molar-refractivity contribution is -0.141. The number of hydrogen-bond donors (Lipinski definition) is 3. The number of pyridine rings is 1. The van der Waals surface area contributed by atoms with Crippen LogP contribution in [0.1, 0.15) is 108 Å². The highest BCUT2D eigenvalue weighted by Crippen LogP contribution is 2.49. The highest BCUT2D eigenvalue weighted by molar-refractivity contribution is 7.91. The lowest BCUT2D eigenvalue weighted by atomic mass is 9.87. The fourth-order valence-electron chi connectivity index (χ4n) is 9.00. The van der Waals surface area contributed by atoms with E-state index in [4.69, 9.17) is 26.1 Å². The standard InChI is InChI=1S/C40H50ClN5O8S/c1-24-33-29(28-15-14-26(41)20-31(28)42-24)16-17-39(54-33)22-32-34(47)44-40(36(49)45-55(51,52)38(2)18-19-38)21-25(40)10-6-4-3-5-7-13-30(35(48)46(32)23-39)43-37(50)53-27-11-8-9-12-27/h6,10,14-15,20,25,27,30,32H,3-5,7-9,11-13,16-19,21-23H2,1-2H3,(H,43,50)(H,44,47)(H,45,49)/b10-6-/t25-,30+,32+,39-,40-/m1/s1. The van der Waals surface area contributed by atoms with E-state index in [2.05, 4.69) is 15.4 Å². The monoisotopic (exact) mass is 795 g/mol. The molecule has 0 unspecified atom stereocenters. The van der Waals surface area contributed by atoms with Crippen molar-refractivity contribution in [3.05, 3.63) is 46.6 Å². The first-order valence-electron chi connectivity index (χ1n) is 19.8. The van der Waals surface area contributed by atoms with Crippen molar-refractivity contribution in [3.8, 4) is 5.75 Å². The number of benzene rings is 1. The van der Waals surface area contributed by atoms with Crippen LogP contribution in [-0.2, 0) is 35.6 Å². The molecule has 1 aromatic heterocycles. The van der Waals surface area contributed by atoms with Crippen LogP contribution in [0.4, 0.5) is 4.79 Å². The van der Waals surface area contributed by atoms with Crippen molar-refractivity contribution >= 4 is 56.3 Å². The van der Waals surface area contributed by atoms with Gasteiger partial charge in [-0.2, -0.15) is 0 Å². The molecule has 13 nitrogen and oxygen atoms in total. The van der Waals surface area contributed by atoms with Crippen LogP contribution in [0.25, 0.3) is 10.9 Å². The third-order valence-corrected chi connectivity index (χ3v) is 15.2. The Bertz CT molecular complexity index is 2070. The van der Waals surface area contributed by atoms with Gasteiger partial charge in [-0.25, -0.2) is 18.2 Å². The van der Waals surface area contributed by atoms with Gasteiger partial charge in [0.15, 0.2) is 0 Å². The summed E-state index contributed by atoms with van der Waals surface area (Å²) in [5.41, 5.74) is -0.0792. The maximum Gasteiger partial charge on any atom is 0.408 e. The predicted octanol–water partition coefficient (Wildman–Crippen LogP) is 5.29. The average molecular weight is 796 g/mol. The smallest absolute Gasteiger partial charge is 0.408 e. The molecule has 15 heteroatoms. The van der Waals surface area contributed by atoms with Crippen LogP contribution >= 0.6 is 11.6 Å². The second-order valence-corrected chi connectivity index (χ2v) is 19.5. The number of aryl methyl sites for hydroxylation is 2. The van der Waals surface area contributed by atoms with Crippen LogP contribution < -0.4 is 20.1 Å². The van der Waals surface area contributed by atoms with Crippen molar-refractivity contribution in [1.82, 2.24) is 25.2 Å². The number of allylic oxidation sites excluding steroid dienone is 1. The lowest BCUT2D eigenvalue weighted by Gasteiger charge is -2.36. The highest BCUT2D eigenvalue weighted by Gasteiger charge is 2.64. The topological polar surface area (TPSA) is 173 Å². The minimum Gasteiger partial charge on any atom is -0.483 e. The fourth-order valence-corrected chi connectivity index (χ4v) is 10.5. The molecule has 1 spiro atoms. The van der Waals surface area contributed by atoms with Crippen LogP contribution in [0.2, 0.25) is 5.02 Å². The van der Waals surface area contributed by atoms with E-state index in [1.165, 1.54) is 4.90 Å². The van der Waals surface area contributed by atoms with Crippen LogP contribution in [-0.4, -0.2) is 82.7 Å². The molecule has 2 aromatic rings. The van der Waals surface area contributed by atoms with Gasteiger partial charge in [0.2, 0.25) is 21.8 Å². The molecule has 4 fully saturated rings. The summed E-state index contributed by atoms with van der Waals surface area (Å²) in [5.74, 6) is -1.60. The van der Waals surface area contributed by atoms with Gasteiger partial charge in [-0.05, 0) is 103 Å². The second kappa shape index (κ2) is 14.2. The van der Waals surface area contributed by atoms with Crippen molar-refractivity contribution in [2.75, 3.05) is 6.54 Å². The van der Waals surface area contributed by atoms with Crippen LogP contribution in [0.5, 0.6) is 5.75 Å². The molecule has 4 heterocycles. The third kappa shape index (κ3) is 7.29. The van der Waals surface area contributed by atoms with Crippen LogP contribution in [0.15, 0.2) is 30.4 Å². The number of halogens is 1. The zero-order chi connectivity index (χ0) is 38.8. The summed E-state index contributed by atoms with van der Waals surface area (Å²) in [4.78, 5) is 62.8. The van der Waals surface area contributed by atoms with E-state index in [1.807, 2.05) is 37.3 Å². The van der Waals surface area contributed by atoms with Gasteiger partial charge in [-0.3, -0.25) is 19.1 Å². The number of nitrogens with one attached hydrogen (secondary N) is 3. The number of amides is 4. The second-order valence-electron chi connectivity index (χ2n) is 16.9. The summed E-state index contributed by atoms with van der Waals surface area (Å²) >= 11 is 6.29. The fraction of sp³-hybridized carbons (Fsp3) is 0.625. The third-order valence-electron chi connectivity index (χ3n) is 12.8. The minimum atomic E-state index is -3.98. The van der Waals surface area contributed by atoms with Gasteiger partial charge in [0.05, 0.1) is 22.5 Å². The van der Waals surface area contributed by atoms with Crippen molar-refractivity contribution in [2.45, 2.75) is 144 Å². The number of fused-ring (bicyclic) bond motifs is 5. The predicted molar refractivity (Wildman–Crippen MR) is 205 cm³/mol. The lowest BCUT2D eigenvalue weighted by Crippen LogP contribution is -2.58. The van der Waals surface area contributed by atoms with E-state index in [9.17, 15) is 27.6 Å². The Labute approximate surface area is 326 Å². The molecule has 3 aliphatic heterocycles. The van der Waals surface area contributed by atoms with Gasteiger partial charge in [0.25, 0.3) is 5.91 Å². The Morgan fingerprint density at radius 3 is 2.58 bits per heavy atom. The summed E-state index contributed by atoms with van der Waals surface area (Å²) in [6.45, 7) is 3.53. The molecule has 1 aromatic carbocycles. The molecule has 5 atom stereocenters. The Morgan fingerprint density at radius 2 is 1.82 bits per heavy atom. The number of carbonyl (C=O) groups excluding carboxylic acids is 4. The van der Waals surface area contributed by atoms with E-state index >= 15 is 0 Å². The number of sulfonamides is 1. The van der Waals surface area contributed by atoms with Gasteiger partial charge in [0, 0.05) is 28.3 Å². The number of carbonyl (C=O) groups is 4. The quantitative estimate of drug-likeness (QED) is 0.340. The number of rotatable bonds is 5. The zero-order valence-corrected chi connectivity index (χ0v) is 33.0. The van der Waals surface area contributed by atoms with Gasteiger partial charge in [0.1, 0.15) is 35.1 Å². The highest BCUT2D eigenvalue weighted by atomic mass is 35.5. The van der Waals surface area contributed by atoms with Gasteiger partial charge >= 0.3 is 6.09 Å². The molecule has 3 N–H and O–H groups in total. The summed E-state index contributed by atoms with van der Waals surface area (Å²) in [7, 11) is -3.98. The number of alkyl carbamates (subject to hydrolysis) is 1. The van der Waals surface area contributed by atoms with Crippen LogP contribution in [0.3, 0.4) is 0 Å². The number of nitrogens with zero attached hydrogens (tertiary/aromatic N) is 2. The Morgan fingerprint density at radius 1 is 1.05 bits per heavy atom. The molecule has 3 saturated carbocycles. The first-order valence-corrected chi connectivity index (χ1v) is 21.7. The average Bonchev–Trinajstić information content (AvgIpc) is 3.93. The number of aromatic nitrogens is 1. The van der Waals surface area contributed by atoms with Crippen molar-refractivity contribution in [2.24, 2.45) is 5.92 Å². The summed E-state index contributed by atoms with van der Waals surface area (Å²) in [6.07, 6.45) is 12.2. The number of ether oxygens (including phenoxy) is 2. The first-order chi connectivity index (χ1) is 26.2. The molecule has 55 heavy (non-hydrogen) atoms. The van der Waals surface area contributed by atoms with E-state index in [-0.39, 0.29) is 25.5 Å². The molecule has 0 radical (unpaired) electrons.